The zero-order chi connectivity index (χ0) is 17.7. The van der Waals surface area contributed by atoms with Crippen LogP contribution in [-0.4, -0.2) is 66.1 Å². The highest BCUT2D eigenvalue weighted by Crippen LogP contribution is 2.21. The summed E-state index contributed by atoms with van der Waals surface area (Å²) in [7, 11) is 4.28. The molecular weight excluding hydrogens is 298 g/mol. The molecule has 24 heavy (non-hydrogen) atoms. The molecule has 1 aromatic heterocycles. The van der Waals surface area contributed by atoms with Gasteiger partial charge in [-0.1, -0.05) is 27.7 Å². The average Bonchev–Trinajstić information content (AvgIpc) is 2.53. The smallest absolute Gasteiger partial charge is 0.133 e. The normalized spacial score (nSPS) is 17.2. The molecule has 0 radical (unpaired) electrons. The standard InChI is InChI=1S/C19H35N5/c1-14(2)17-13-18(22-19(21-17)15(3)4)20-16-7-9-24(10-8-16)12-11-23(5)6/h13-16H,7-12H2,1-6H3,(H,20,21,22). The molecule has 5 heteroatoms. The lowest BCUT2D eigenvalue weighted by atomic mass is 10.0. The number of nitrogens with one attached hydrogen (secondary N) is 1. The maximum atomic E-state index is 4.75. The van der Waals surface area contributed by atoms with Gasteiger partial charge in [0.25, 0.3) is 0 Å². The molecule has 0 saturated carbocycles. The minimum absolute atomic E-state index is 0.358. The molecule has 1 saturated heterocycles. The Balaban J connectivity index is 1.94. The van der Waals surface area contributed by atoms with Crippen LogP contribution in [0.4, 0.5) is 5.82 Å². The van der Waals surface area contributed by atoms with Gasteiger partial charge in [0.05, 0.1) is 0 Å². The number of hydrogen-bond acceptors (Lipinski definition) is 5. The second-order valence-corrected chi connectivity index (χ2v) is 7.91. The predicted octanol–water partition coefficient (Wildman–Crippen LogP) is 3.16. The van der Waals surface area contributed by atoms with E-state index in [1.165, 1.54) is 32.5 Å². The molecule has 1 fully saturated rings. The molecule has 0 bridgehead atoms. The lowest BCUT2D eigenvalue weighted by molar-refractivity contribution is 0.199. The van der Waals surface area contributed by atoms with Crippen LogP contribution in [0.3, 0.4) is 0 Å². The topological polar surface area (TPSA) is 44.3 Å². The van der Waals surface area contributed by atoms with E-state index in [9.17, 15) is 0 Å². The van der Waals surface area contributed by atoms with Crippen LogP contribution in [-0.2, 0) is 0 Å². The van der Waals surface area contributed by atoms with Gasteiger partial charge in [0.1, 0.15) is 11.6 Å². The Bertz CT molecular complexity index is 478. The lowest BCUT2D eigenvalue weighted by Crippen LogP contribution is -2.41. The fourth-order valence-electron chi connectivity index (χ4n) is 2.96. The first-order chi connectivity index (χ1) is 11.3. The molecule has 1 aromatic rings. The van der Waals surface area contributed by atoms with E-state index in [-0.39, 0.29) is 0 Å². The van der Waals surface area contributed by atoms with E-state index in [1.807, 2.05) is 0 Å². The van der Waals surface area contributed by atoms with Gasteiger partial charge in [-0.25, -0.2) is 9.97 Å². The molecule has 0 unspecified atom stereocenters. The van der Waals surface area contributed by atoms with Crippen molar-refractivity contribution in [2.75, 3.05) is 45.6 Å². The van der Waals surface area contributed by atoms with E-state index in [1.54, 1.807) is 0 Å². The Kier molecular flexibility index (Phi) is 6.99. The average molecular weight is 334 g/mol. The van der Waals surface area contributed by atoms with E-state index >= 15 is 0 Å². The van der Waals surface area contributed by atoms with Gasteiger partial charge < -0.3 is 15.1 Å². The van der Waals surface area contributed by atoms with Crippen LogP contribution in [0.25, 0.3) is 0 Å². The first kappa shape index (κ1) is 19.1. The van der Waals surface area contributed by atoms with Crippen molar-refractivity contribution in [2.45, 2.75) is 58.4 Å². The van der Waals surface area contributed by atoms with Crippen molar-refractivity contribution in [1.29, 1.82) is 0 Å². The van der Waals surface area contributed by atoms with Crippen molar-refractivity contribution < 1.29 is 0 Å². The Morgan fingerprint density at radius 2 is 1.79 bits per heavy atom. The fraction of sp³-hybridized carbons (Fsp3) is 0.789. The maximum absolute atomic E-state index is 4.75. The minimum atomic E-state index is 0.358. The second-order valence-electron chi connectivity index (χ2n) is 7.91. The lowest BCUT2D eigenvalue weighted by Gasteiger charge is -2.33. The number of rotatable bonds is 7. The summed E-state index contributed by atoms with van der Waals surface area (Å²) in [5.41, 5.74) is 1.14. The SMILES string of the molecule is CC(C)c1cc(NC2CCN(CCN(C)C)CC2)nc(C(C)C)n1. The van der Waals surface area contributed by atoms with Crippen molar-refractivity contribution in [1.82, 2.24) is 19.8 Å². The molecule has 0 aromatic carbocycles. The highest BCUT2D eigenvalue weighted by molar-refractivity contribution is 5.38. The third kappa shape index (κ3) is 5.71. The Morgan fingerprint density at radius 1 is 1.12 bits per heavy atom. The summed E-state index contributed by atoms with van der Waals surface area (Å²) in [6.45, 7) is 13.4. The minimum Gasteiger partial charge on any atom is -0.367 e. The van der Waals surface area contributed by atoms with Crippen LogP contribution in [0.15, 0.2) is 6.07 Å². The van der Waals surface area contributed by atoms with Crippen molar-refractivity contribution in [3.63, 3.8) is 0 Å². The maximum Gasteiger partial charge on any atom is 0.133 e. The van der Waals surface area contributed by atoms with Gasteiger partial charge in [-0.15, -0.1) is 0 Å². The molecule has 5 nitrogen and oxygen atoms in total. The van der Waals surface area contributed by atoms with Crippen LogP contribution in [0.1, 0.15) is 63.9 Å². The Morgan fingerprint density at radius 3 is 2.33 bits per heavy atom. The van der Waals surface area contributed by atoms with Gasteiger partial charge in [0, 0.05) is 49.9 Å². The summed E-state index contributed by atoms with van der Waals surface area (Å²) < 4.78 is 0. The van der Waals surface area contributed by atoms with Crippen molar-refractivity contribution in [3.05, 3.63) is 17.6 Å². The van der Waals surface area contributed by atoms with Gasteiger partial charge in [0.2, 0.25) is 0 Å². The van der Waals surface area contributed by atoms with Gasteiger partial charge in [0.15, 0.2) is 0 Å². The van der Waals surface area contributed by atoms with E-state index < -0.39 is 0 Å². The summed E-state index contributed by atoms with van der Waals surface area (Å²) >= 11 is 0. The summed E-state index contributed by atoms with van der Waals surface area (Å²) in [6, 6.07) is 2.66. The summed E-state index contributed by atoms with van der Waals surface area (Å²) in [5.74, 6) is 2.74. The molecule has 1 aliphatic rings. The van der Waals surface area contributed by atoms with Gasteiger partial charge in [-0.05, 0) is 32.9 Å². The molecule has 2 rings (SSSR count). The molecule has 0 aliphatic carbocycles. The summed E-state index contributed by atoms with van der Waals surface area (Å²) in [5, 5.41) is 3.67. The number of aromatic nitrogens is 2. The summed E-state index contributed by atoms with van der Waals surface area (Å²) in [6.07, 6.45) is 2.37. The van der Waals surface area contributed by atoms with E-state index in [2.05, 4.69) is 63.0 Å². The number of likely N-dealkylation sites (tertiary alicyclic amines) is 1. The van der Waals surface area contributed by atoms with Crippen molar-refractivity contribution in [3.8, 4) is 0 Å². The van der Waals surface area contributed by atoms with Crippen LogP contribution < -0.4 is 5.32 Å². The number of anilines is 1. The molecule has 2 heterocycles. The van der Waals surface area contributed by atoms with Crippen molar-refractivity contribution in [2.24, 2.45) is 0 Å². The molecule has 1 aliphatic heterocycles. The number of likely N-dealkylation sites (N-methyl/N-ethyl adjacent to an activating group) is 1. The monoisotopic (exact) mass is 333 g/mol. The van der Waals surface area contributed by atoms with Gasteiger partial charge in [-0.2, -0.15) is 0 Å². The first-order valence-electron chi connectivity index (χ1n) is 9.37. The highest BCUT2D eigenvalue weighted by Gasteiger charge is 2.20. The van der Waals surface area contributed by atoms with E-state index in [4.69, 9.17) is 9.97 Å². The third-order valence-corrected chi connectivity index (χ3v) is 4.67. The second kappa shape index (κ2) is 8.77. The molecule has 0 atom stereocenters. The largest absolute Gasteiger partial charge is 0.367 e. The van der Waals surface area contributed by atoms with Crippen LogP contribution in [0.2, 0.25) is 0 Å². The number of nitrogens with zero attached hydrogens (tertiary/aromatic N) is 4. The molecule has 0 amide bonds. The van der Waals surface area contributed by atoms with Crippen LogP contribution >= 0.6 is 0 Å². The molecular formula is C19H35N5. The molecule has 0 spiro atoms. The van der Waals surface area contributed by atoms with Gasteiger partial charge >= 0.3 is 0 Å². The molecule has 136 valence electrons. The fourth-order valence-corrected chi connectivity index (χ4v) is 2.96. The van der Waals surface area contributed by atoms with E-state index in [0.717, 1.165) is 23.9 Å². The van der Waals surface area contributed by atoms with Crippen LogP contribution in [0.5, 0.6) is 0 Å². The number of piperidine rings is 1. The first-order valence-corrected chi connectivity index (χ1v) is 9.37. The zero-order valence-electron chi connectivity index (χ0n) is 16.3. The van der Waals surface area contributed by atoms with Crippen LogP contribution in [0, 0.1) is 0 Å². The molecule has 1 N–H and O–H groups in total. The van der Waals surface area contributed by atoms with Gasteiger partial charge in [-0.3, -0.25) is 0 Å². The Labute approximate surface area is 147 Å². The third-order valence-electron chi connectivity index (χ3n) is 4.67. The predicted molar refractivity (Wildman–Crippen MR) is 102 cm³/mol. The highest BCUT2D eigenvalue weighted by atomic mass is 15.2. The number of hydrogen-bond donors (Lipinski definition) is 1. The van der Waals surface area contributed by atoms with Crippen molar-refractivity contribution >= 4 is 5.82 Å². The zero-order valence-corrected chi connectivity index (χ0v) is 16.3. The quantitative estimate of drug-likeness (QED) is 0.830. The summed E-state index contributed by atoms with van der Waals surface area (Å²) in [4.78, 5) is 14.3. The van der Waals surface area contributed by atoms with E-state index in [0.29, 0.717) is 17.9 Å². The Hall–Kier alpha value is -1.20.